The first-order valence-corrected chi connectivity index (χ1v) is 3.21. The van der Waals surface area contributed by atoms with Crippen LogP contribution in [0.25, 0.3) is 0 Å². The van der Waals surface area contributed by atoms with Crippen molar-refractivity contribution in [3.05, 3.63) is 24.3 Å². The first-order valence-electron chi connectivity index (χ1n) is 3.21. The molecule has 2 heteroatoms. The number of hydrogen-bond donors (Lipinski definition) is 0. The number of alkyl halides is 1. The van der Waals surface area contributed by atoms with Crippen molar-refractivity contribution in [1.82, 2.24) is 0 Å². The lowest BCUT2D eigenvalue weighted by Gasteiger charge is -2.08. The summed E-state index contributed by atoms with van der Waals surface area (Å²) < 4.78 is 13.1. The zero-order valence-electron chi connectivity index (χ0n) is 6.13. The Kier molecular flexibility index (Phi) is 1.70. The van der Waals surface area contributed by atoms with Crippen molar-refractivity contribution in [1.29, 1.82) is 0 Å². The molecule has 0 saturated carbocycles. The van der Waals surface area contributed by atoms with Crippen LogP contribution in [-0.2, 0) is 0 Å². The molecule has 1 unspecified atom stereocenters. The van der Waals surface area contributed by atoms with Crippen molar-refractivity contribution in [3.8, 4) is 0 Å². The minimum absolute atomic E-state index is 0.718. The highest BCUT2D eigenvalue weighted by molar-refractivity contribution is 5.93. The Morgan fingerprint density at radius 2 is 2.20 bits per heavy atom. The second-order valence-electron chi connectivity index (χ2n) is 2.50. The fourth-order valence-electron chi connectivity index (χ4n) is 0.845. The van der Waals surface area contributed by atoms with Crippen LogP contribution in [-0.4, -0.2) is 11.5 Å². The Hall–Kier alpha value is -0.920. The normalized spacial score (nSPS) is 31.7. The van der Waals surface area contributed by atoms with Crippen LogP contribution >= 0.6 is 0 Å². The molecule has 0 aliphatic carbocycles. The minimum atomic E-state index is -1.52. The summed E-state index contributed by atoms with van der Waals surface area (Å²) >= 11 is 0. The first-order chi connectivity index (χ1) is 4.60. The zero-order chi connectivity index (χ0) is 7.61. The molecule has 1 atom stereocenters. The summed E-state index contributed by atoms with van der Waals surface area (Å²) in [6, 6.07) is 0. The predicted octanol–water partition coefficient (Wildman–Crippen LogP) is 2.26. The van der Waals surface area contributed by atoms with Gasteiger partial charge in [-0.1, -0.05) is 12.2 Å². The standard InChI is InChI=1S/C8H10FN/c1-7-5-3-4-6-8(2,9)10-7/h3-6H,1-2H3. The summed E-state index contributed by atoms with van der Waals surface area (Å²) in [5.41, 5.74) is 0.718. The maximum Gasteiger partial charge on any atom is 0.216 e. The average Bonchev–Trinajstić information content (AvgIpc) is 1.90. The van der Waals surface area contributed by atoms with E-state index in [1.165, 1.54) is 13.0 Å². The molecule has 0 N–H and O–H groups in total. The van der Waals surface area contributed by atoms with Crippen LogP contribution in [0, 0.1) is 0 Å². The maximum absolute atomic E-state index is 13.1. The highest BCUT2D eigenvalue weighted by Crippen LogP contribution is 2.16. The monoisotopic (exact) mass is 139 g/mol. The average molecular weight is 139 g/mol. The first kappa shape index (κ1) is 7.19. The lowest BCUT2D eigenvalue weighted by Crippen LogP contribution is -2.10. The summed E-state index contributed by atoms with van der Waals surface area (Å²) in [4.78, 5) is 3.78. The third-order valence-electron chi connectivity index (χ3n) is 1.24. The third kappa shape index (κ3) is 1.79. The fourth-order valence-corrected chi connectivity index (χ4v) is 0.845. The molecule has 1 aliphatic heterocycles. The van der Waals surface area contributed by atoms with E-state index in [-0.39, 0.29) is 0 Å². The molecular weight excluding hydrogens is 129 g/mol. The molecule has 0 aromatic heterocycles. The Morgan fingerprint density at radius 3 is 2.90 bits per heavy atom. The summed E-state index contributed by atoms with van der Waals surface area (Å²) in [7, 11) is 0. The van der Waals surface area contributed by atoms with E-state index in [0.29, 0.717) is 0 Å². The van der Waals surface area contributed by atoms with E-state index < -0.39 is 5.79 Å². The van der Waals surface area contributed by atoms with Gasteiger partial charge in [-0.15, -0.1) is 0 Å². The van der Waals surface area contributed by atoms with Gasteiger partial charge >= 0.3 is 0 Å². The Bertz CT molecular complexity index is 211. The second-order valence-corrected chi connectivity index (χ2v) is 2.50. The van der Waals surface area contributed by atoms with Crippen LogP contribution in [0.4, 0.5) is 4.39 Å². The topological polar surface area (TPSA) is 12.4 Å². The third-order valence-corrected chi connectivity index (χ3v) is 1.24. The van der Waals surface area contributed by atoms with Crippen LogP contribution in [0.1, 0.15) is 13.8 Å². The molecule has 0 fully saturated rings. The van der Waals surface area contributed by atoms with Crippen molar-refractivity contribution < 1.29 is 4.39 Å². The molecule has 10 heavy (non-hydrogen) atoms. The predicted molar refractivity (Wildman–Crippen MR) is 40.9 cm³/mol. The van der Waals surface area contributed by atoms with Gasteiger partial charge in [0, 0.05) is 5.71 Å². The second kappa shape index (κ2) is 2.37. The molecule has 1 heterocycles. The van der Waals surface area contributed by atoms with E-state index in [1.54, 1.807) is 25.2 Å². The molecular formula is C8H10FN. The smallest absolute Gasteiger partial charge is 0.216 e. The number of aliphatic imine (C=N–C) groups is 1. The van der Waals surface area contributed by atoms with Crippen molar-refractivity contribution in [3.63, 3.8) is 0 Å². The maximum atomic E-state index is 13.1. The van der Waals surface area contributed by atoms with E-state index in [4.69, 9.17) is 0 Å². The van der Waals surface area contributed by atoms with Gasteiger partial charge in [0.15, 0.2) is 0 Å². The van der Waals surface area contributed by atoms with Crippen molar-refractivity contribution in [2.75, 3.05) is 0 Å². The number of nitrogens with zero attached hydrogens (tertiary/aromatic N) is 1. The molecule has 1 nitrogen and oxygen atoms in total. The molecule has 1 aliphatic rings. The van der Waals surface area contributed by atoms with E-state index in [9.17, 15) is 4.39 Å². The van der Waals surface area contributed by atoms with Crippen LogP contribution in [0.2, 0.25) is 0 Å². The highest BCUT2D eigenvalue weighted by atomic mass is 19.1. The summed E-state index contributed by atoms with van der Waals surface area (Å²) in [6.45, 7) is 3.21. The van der Waals surface area contributed by atoms with Crippen LogP contribution < -0.4 is 0 Å². The van der Waals surface area contributed by atoms with Gasteiger partial charge in [-0.3, -0.25) is 0 Å². The van der Waals surface area contributed by atoms with Gasteiger partial charge in [-0.25, -0.2) is 9.38 Å². The van der Waals surface area contributed by atoms with Gasteiger partial charge < -0.3 is 0 Å². The van der Waals surface area contributed by atoms with Gasteiger partial charge in [0.05, 0.1) is 0 Å². The molecule has 0 amide bonds. The highest BCUT2D eigenvalue weighted by Gasteiger charge is 2.16. The molecule has 0 aromatic rings. The largest absolute Gasteiger partial charge is 0.247 e. The van der Waals surface area contributed by atoms with Crippen molar-refractivity contribution in [2.45, 2.75) is 19.6 Å². The Labute approximate surface area is 60.0 Å². The van der Waals surface area contributed by atoms with Gasteiger partial charge in [0.1, 0.15) is 0 Å². The quantitative estimate of drug-likeness (QED) is 0.456. The summed E-state index contributed by atoms with van der Waals surface area (Å²) in [6.07, 6.45) is 6.66. The summed E-state index contributed by atoms with van der Waals surface area (Å²) in [5.74, 6) is -1.52. The van der Waals surface area contributed by atoms with E-state index in [1.807, 2.05) is 0 Å². The fraction of sp³-hybridized carbons (Fsp3) is 0.375. The van der Waals surface area contributed by atoms with E-state index in [0.717, 1.165) is 5.71 Å². The molecule has 0 saturated heterocycles. The van der Waals surface area contributed by atoms with Gasteiger partial charge in [-0.2, -0.15) is 0 Å². The van der Waals surface area contributed by atoms with Crippen LogP contribution in [0.3, 0.4) is 0 Å². The number of halogens is 1. The molecule has 1 rings (SSSR count). The number of hydrogen-bond acceptors (Lipinski definition) is 1. The van der Waals surface area contributed by atoms with Gasteiger partial charge in [0.25, 0.3) is 0 Å². The van der Waals surface area contributed by atoms with E-state index in [2.05, 4.69) is 4.99 Å². The molecule has 0 radical (unpaired) electrons. The van der Waals surface area contributed by atoms with Crippen LogP contribution in [0.15, 0.2) is 29.3 Å². The van der Waals surface area contributed by atoms with Gasteiger partial charge in [-0.05, 0) is 26.0 Å². The zero-order valence-corrected chi connectivity index (χ0v) is 6.13. The molecule has 0 bridgehead atoms. The molecule has 54 valence electrons. The number of rotatable bonds is 0. The summed E-state index contributed by atoms with van der Waals surface area (Å²) in [5, 5.41) is 0. The number of allylic oxidation sites excluding steroid dienone is 3. The Balaban J connectivity index is 2.93. The molecule has 0 spiro atoms. The minimum Gasteiger partial charge on any atom is -0.247 e. The van der Waals surface area contributed by atoms with Crippen LogP contribution in [0.5, 0.6) is 0 Å². The van der Waals surface area contributed by atoms with Crippen molar-refractivity contribution in [2.24, 2.45) is 4.99 Å². The SMILES string of the molecule is CC1=NC(C)(F)C=CC=C1. The van der Waals surface area contributed by atoms with E-state index >= 15 is 0 Å². The Morgan fingerprint density at radius 1 is 1.50 bits per heavy atom. The lowest BCUT2D eigenvalue weighted by atomic mass is 10.3. The molecule has 0 aromatic carbocycles. The van der Waals surface area contributed by atoms with Crippen molar-refractivity contribution >= 4 is 5.71 Å². The lowest BCUT2D eigenvalue weighted by molar-refractivity contribution is 0.272. The van der Waals surface area contributed by atoms with Gasteiger partial charge in [0.2, 0.25) is 5.79 Å².